The molecule has 0 spiro atoms. The molecule has 0 aromatic rings. The quantitative estimate of drug-likeness (QED) is 0.544. The van der Waals surface area contributed by atoms with Gasteiger partial charge in [0.15, 0.2) is 17.7 Å². The van der Waals surface area contributed by atoms with Crippen LogP contribution >= 0.6 is 21.6 Å². The van der Waals surface area contributed by atoms with Crippen LogP contribution in [-0.2, 0) is 17.7 Å². The molecule has 0 unspecified atom stereocenters. The Labute approximate surface area is 140 Å². The number of nitrogens with zero attached hydrogens (tertiary/aromatic N) is 1. The van der Waals surface area contributed by atoms with E-state index in [1.807, 2.05) is 0 Å². The Balaban J connectivity index is 3.27. The summed E-state index contributed by atoms with van der Waals surface area (Å²) in [5.41, 5.74) is 0.00144. The zero-order valence-corrected chi connectivity index (χ0v) is 16.8. The maximum Gasteiger partial charge on any atom is 0.199 e. The molecule has 10 heteroatoms. The molecule has 0 atom stereocenters. The van der Waals surface area contributed by atoms with E-state index in [1.165, 1.54) is 5.06 Å². The summed E-state index contributed by atoms with van der Waals surface area (Å²) in [6, 6.07) is 0. The lowest BCUT2D eigenvalue weighted by molar-refractivity contribution is -0.186. The predicted octanol–water partition coefficient (Wildman–Crippen LogP) is 1.93. The lowest BCUT2D eigenvalue weighted by Gasteiger charge is -2.37. The van der Waals surface area contributed by atoms with E-state index in [9.17, 15) is 22.0 Å². The second kappa shape index (κ2) is 6.29. The Morgan fingerprint density at radius 3 is 1.36 bits per heavy atom. The van der Waals surface area contributed by atoms with Gasteiger partial charge in [0.1, 0.15) is 0 Å². The average molecular weight is 390 g/mol. The van der Waals surface area contributed by atoms with Gasteiger partial charge in [0.05, 0.1) is 11.1 Å². The second-order valence-electron chi connectivity index (χ2n) is 6.32. The zero-order valence-electron chi connectivity index (χ0n) is 13.6. The summed E-state index contributed by atoms with van der Waals surface area (Å²) >= 11 is 0. The minimum atomic E-state index is -3.23. The molecule has 0 aliphatic carbocycles. The molecule has 0 bridgehead atoms. The van der Waals surface area contributed by atoms with E-state index in [0.717, 1.165) is 45.2 Å². The number of rotatable bonds is 6. The Kier molecular flexibility index (Phi) is 5.80. The van der Waals surface area contributed by atoms with Crippen molar-refractivity contribution in [3.8, 4) is 0 Å². The average Bonchev–Trinajstić information content (AvgIpc) is 2.40. The first-order chi connectivity index (χ1) is 9.59. The molecule has 0 fully saturated rings. The monoisotopic (exact) mass is 389 g/mol. The molecule has 0 radical (unpaired) electrons. The lowest BCUT2D eigenvalue weighted by atomic mass is 9.93. The van der Waals surface area contributed by atoms with Crippen LogP contribution in [-0.4, -0.2) is 62.2 Å². The first kappa shape index (κ1) is 20.3. The van der Waals surface area contributed by atoms with Gasteiger partial charge < -0.3 is 5.21 Å². The van der Waals surface area contributed by atoms with Crippen molar-refractivity contribution in [2.45, 2.75) is 38.8 Å². The highest BCUT2D eigenvalue weighted by Gasteiger charge is 2.50. The molecule has 6 nitrogen and oxygen atoms in total. The molecule has 0 amide bonds. The normalized spacial score (nSPS) is 22.3. The fourth-order valence-corrected chi connectivity index (χ4v) is 6.26. The topological polar surface area (TPSA) is 91.8 Å². The van der Waals surface area contributed by atoms with E-state index in [4.69, 9.17) is 0 Å². The van der Waals surface area contributed by atoms with Crippen molar-refractivity contribution in [3.05, 3.63) is 11.1 Å². The van der Waals surface area contributed by atoms with Crippen molar-refractivity contribution in [2.24, 2.45) is 0 Å². The van der Waals surface area contributed by atoms with Crippen molar-refractivity contribution in [2.75, 3.05) is 24.0 Å². The van der Waals surface area contributed by atoms with Crippen LogP contribution in [0.15, 0.2) is 11.1 Å². The Morgan fingerprint density at radius 2 is 1.14 bits per heavy atom. The van der Waals surface area contributed by atoms with Gasteiger partial charge in [-0.25, -0.2) is 16.8 Å². The van der Waals surface area contributed by atoms with Gasteiger partial charge in [0, 0.05) is 24.0 Å². The van der Waals surface area contributed by atoms with Crippen molar-refractivity contribution in [1.82, 2.24) is 5.06 Å². The maximum absolute atomic E-state index is 11.4. The maximum atomic E-state index is 11.4. The summed E-state index contributed by atoms with van der Waals surface area (Å²) in [7, 11) is -4.87. The molecule has 0 saturated heterocycles. The summed E-state index contributed by atoms with van der Waals surface area (Å²) in [5, 5.41) is 11.6. The highest BCUT2D eigenvalue weighted by Crippen LogP contribution is 2.46. The fourth-order valence-electron chi connectivity index (χ4n) is 2.55. The molecule has 1 aliphatic heterocycles. The van der Waals surface area contributed by atoms with Crippen molar-refractivity contribution in [3.63, 3.8) is 0 Å². The SMILES string of the molecule is CC1(C)C(CSS(C)(=O)=O)=C(CSS(C)(=O)=O)C(C)(C)N1O. The Hall–Kier alpha value is 0.260. The third-order valence-electron chi connectivity index (χ3n) is 3.73. The zero-order chi connectivity index (χ0) is 17.6. The van der Waals surface area contributed by atoms with Gasteiger partial charge in [-0.3, -0.25) is 0 Å². The fraction of sp³-hybridized carbons (Fsp3) is 0.833. The summed E-state index contributed by atoms with van der Waals surface area (Å²) in [4.78, 5) is 0. The summed E-state index contributed by atoms with van der Waals surface area (Å²) in [6.07, 6.45) is 2.26. The smallest absolute Gasteiger partial charge is 0.199 e. The van der Waals surface area contributed by atoms with Crippen molar-refractivity contribution < 1.29 is 22.0 Å². The summed E-state index contributed by atoms with van der Waals surface area (Å²) in [5.74, 6) is 0.401. The largest absolute Gasteiger partial charge is 0.312 e. The molecule has 1 heterocycles. The highest BCUT2D eigenvalue weighted by molar-refractivity contribution is 8.72. The van der Waals surface area contributed by atoms with E-state index >= 15 is 0 Å². The number of hydrogen-bond donors (Lipinski definition) is 1. The van der Waals surface area contributed by atoms with E-state index < -0.39 is 28.8 Å². The van der Waals surface area contributed by atoms with E-state index in [0.29, 0.717) is 0 Å². The molecule has 1 N–H and O–H groups in total. The van der Waals surface area contributed by atoms with Gasteiger partial charge >= 0.3 is 0 Å². The van der Waals surface area contributed by atoms with E-state index in [-0.39, 0.29) is 11.5 Å². The van der Waals surface area contributed by atoms with Gasteiger partial charge in [-0.15, -0.1) is 0 Å². The van der Waals surface area contributed by atoms with E-state index in [2.05, 4.69) is 0 Å². The van der Waals surface area contributed by atoms with Crippen molar-refractivity contribution in [1.29, 1.82) is 0 Å². The molecule has 0 aromatic carbocycles. The lowest BCUT2D eigenvalue weighted by Crippen LogP contribution is -2.49. The van der Waals surface area contributed by atoms with Crippen LogP contribution in [0, 0.1) is 0 Å². The third kappa shape index (κ3) is 4.64. The minimum absolute atomic E-state index is 0.200. The molecular weight excluding hydrogens is 366 g/mol. The Bertz CT molecular complexity index is 618. The van der Waals surface area contributed by atoms with Crippen LogP contribution in [0.2, 0.25) is 0 Å². The van der Waals surface area contributed by atoms with Gasteiger partial charge in [0.25, 0.3) is 0 Å². The molecule has 1 rings (SSSR count). The third-order valence-corrected chi connectivity index (χ3v) is 8.68. The highest BCUT2D eigenvalue weighted by atomic mass is 33.1. The second-order valence-corrected chi connectivity index (χ2v) is 15.2. The van der Waals surface area contributed by atoms with Gasteiger partial charge in [-0.2, -0.15) is 5.06 Å². The van der Waals surface area contributed by atoms with Gasteiger partial charge in [-0.05, 0) is 60.4 Å². The molecule has 130 valence electrons. The van der Waals surface area contributed by atoms with Gasteiger partial charge in [-0.1, -0.05) is 0 Å². The van der Waals surface area contributed by atoms with Crippen LogP contribution < -0.4 is 0 Å². The van der Waals surface area contributed by atoms with Crippen LogP contribution in [0.3, 0.4) is 0 Å². The van der Waals surface area contributed by atoms with Crippen LogP contribution in [0.25, 0.3) is 0 Å². The molecule has 0 aromatic heterocycles. The standard InChI is InChI=1S/C12H23NO5S4/c1-11(2)9(7-19-21(5,15)16)10(8-20-22(6,17)18)12(3,4)13(11)14/h14H,7-8H2,1-6H3. The van der Waals surface area contributed by atoms with Crippen LogP contribution in [0.1, 0.15) is 27.7 Å². The van der Waals surface area contributed by atoms with Crippen LogP contribution in [0.4, 0.5) is 0 Å². The van der Waals surface area contributed by atoms with Crippen LogP contribution in [0.5, 0.6) is 0 Å². The number of hydroxylamine groups is 2. The van der Waals surface area contributed by atoms with E-state index in [1.54, 1.807) is 27.7 Å². The number of hydrogen-bond acceptors (Lipinski definition) is 8. The van der Waals surface area contributed by atoms with Gasteiger partial charge in [0.2, 0.25) is 0 Å². The van der Waals surface area contributed by atoms with Crippen molar-refractivity contribution >= 4 is 39.3 Å². The predicted molar refractivity (Wildman–Crippen MR) is 93.4 cm³/mol. The first-order valence-electron chi connectivity index (χ1n) is 6.50. The summed E-state index contributed by atoms with van der Waals surface area (Å²) < 4.78 is 45.7. The molecule has 22 heavy (non-hydrogen) atoms. The summed E-state index contributed by atoms with van der Waals surface area (Å²) in [6.45, 7) is 7.19. The minimum Gasteiger partial charge on any atom is -0.312 e. The first-order valence-corrected chi connectivity index (χ1v) is 13.3. The molecular formula is C12H23NO5S4. The molecule has 1 aliphatic rings. The Morgan fingerprint density at radius 1 is 0.864 bits per heavy atom. The molecule has 0 saturated carbocycles.